The Hall–Kier alpha value is -6.32. The van der Waals surface area contributed by atoms with Crippen LogP contribution in [0.3, 0.4) is 0 Å². The topological polar surface area (TPSA) is 30.7 Å². The Morgan fingerprint density at radius 2 is 0.915 bits per heavy atom. The second kappa shape index (κ2) is 11.2. The Balaban J connectivity index is 1.38. The molecule has 0 unspecified atom stereocenters. The molecule has 0 aliphatic heterocycles. The molecule has 0 aliphatic carbocycles. The van der Waals surface area contributed by atoms with Crippen molar-refractivity contribution >= 4 is 32.6 Å². The minimum atomic E-state index is 0.685. The van der Waals surface area contributed by atoms with Gasteiger partial charge in [0.05, 0.1) is 28.1 Å². The average Bonchev–Trinajstić information content (AvgIpc) is 3.50. The van der Waals surface area contributed by atoms with Crippen LogP contribution in [0.5, 0.6) is 0 Å². The monoisotopic (exact) mass is 599 g/mol. The van der Waals surface area contributed by atoms with Crippen molar-refractivity contribution in [3.8, 4) is 50.7 Å². The van der Waals surface area contributed by atoms with E-state index in [-0.39, 0.29) is 0 Å². The van der Waals surface area contributed by atoms with E-state index in [1.54, 1.807) is 0 Å². The van der Waals surface area contributed by atoms with E-state index < -0.39 is 0 Å². The van der Waals surface area contributed by atoms with Gasteiger partial charge in [0.25, 0.3) is 0 Å². The van der Waals surface area contributed by atoms with E-state index in [4.69, 9.17) is 9.97 Å². The van der Waals surface area contributed by atoms with Crippen molar-refractivity contribution in [3.63, 3.8) is 0 Å². The third kappa shape index (κ3) is 4.52. The number of nitrogens with zero attached hydrogens (tertiary/aromatic N) is 3. The lowest BCUT2D eigenvalue weighted by Crippen LogP contribution is -2.03. The van der Waals surface area contributed by atoms with Crippen molar-refractivity contribution in [3.05, 3.63) is 176 Å². The van der Waals surface area contributed by atoms with Crippen LogP contribution in [0.4, 0.5) is 0 Å². The molecule has 7 aromatic carbocycles. The SMILES string of the molecule is c1ccc(-c2nc(-c3ccccc3-n3c4ccccc4c4c5ccccc5ccc43)nc(-c3ccccc3)c2-c2ccccc2)cc1. The molecule has 0 N–H and O–H groups in total. The van der Waals surface area contributed by atoms with E-state index in [2.05, 4.69) is 162 Å². The molecule has 0 atom stereocenters. The van der Waals surface area contributed by atoms with Gasteiger partial charge in [-0.05, 0) is 40.6 Å². The summed E-state index contributed by atoms with van der Waals surface area (Å²) in [7, 11) is 0. The van der Waals surface area contributed by atoms with Gasteiger partial charge in [-0.3, -0.25) is 0 Å². The lowest BCUT2D eigenvalue weighted by molar-refractivity contribution is 1.14. The van der Waals surface area contributed by atoms with Crippen molar-refractivity contribution in [2.45, 2.75) is 0 Å². The van der Waals surface area contributed by atoms with E-state index in [1.807, 2.05) is 18.2 Å². The molecular weight excluding hydrogens is 571 g/mol. The van der Waals surface area contributed by atoms with Crippen molar-refractivity contribution in [2.75, 3.05) is 0 Å². The van der Waals surface area contributed by atoms with E-state index >= 15 is 0 Å². The second-order valence-corrected chi connectivity index (χ2v) is 11.8. The van der Waals surface area contributed by atoms with Gasteiger partial charge in [-0.15, -0.1) is 0 Å². The predicted octanol–water partition coefficient (Wildman–Crippen LogP) is 11.4. The zero-order valence-corrected chi connectivity index (χ0v) is 25.6. The van der Waals surface area contributed by atoms with Crippen LogP contribution in [0.2, 0.25) is 0 Å². The highest BCUT2D eigenvalue weighted by molar-refractivity contribution is 6.21. The molecule has 0 amide bonds. The molecule has 9 aromatic rings. The van der Waals surface area contributed by atoms with E-state index in [1.165, 1.54) is 21.5 Å². The van der Waals surface area contributed by atoms with Crippen LogP contribution in [-0.2, 0) is 0 Å². The molecule has 47 heavy (non-hydrogen) atoms. The Morgan fingerprint density at radius 1 is 0.383 bits per heavy atom. The maximum Gasteiger partial charge on any atom is 0.162 e. The molecule has 0 saturated carbocycles. The molecule has 2 heterocycles. The Bertz CT molecular complexity index is 2490. The molecular formula is C44H29N3. The summed E-state index contributed by atoms with van der Waals surface area (Å²) in [5.41, 5.74) is 10.3. The number of hydrogen-bond donors (Lipinski definition) is 0. The molecule has 220 valence electrons. The highest BCUT2D eigenvalue weighted by atomic mass is 15.0. The first-order valence-electron chi connectivity index (χ1n) is 15.9. The first-order valence-corrected chi connectivity index (χ1v) is 15.9. The third-order valence-electron chi connectivity index (χ3n) is 9.01. The highest BCUT2D eigenvalue weighted by Gasteiger charge is 2.23. The molecule has 0 aliphatic rings. The fraction of sp³-hybridized carbons (Fsp3) is 0. The quantitative estimate of drug-likeness (QED) is 0.197. The molecule has 9 rings (SSSR count). The van der Waals surface area contributed by atoms with Gasteiger partial charge in [0, 0.05) is 33.0 Å². The fourth-order valence-electron chi connectivity index (χ4n) is 6.93. The van der Waals surface area contributed by atoms with Gasteiger partial charge in [0.15, 0.2) is 5.82 Å². The summed E-state index contributed by atoms with van der Waals surface area (Å²) in [6.07, 6.45) is 0. The summed E-state index contributed by atoms with van der Waals surface area (Å²) in [6.45, 7) is 0. The van der Waals surface area contributed by atoms with Crippen LogP contribution in [0, 0.1) is 0 Å². The van der Waals surface area contributed by atoms with Crippen molar-refractivity contribution in [2.24, 2.45) is 0 Å². The van der Waals surface area contributed by atoms with Crippen LogP contribution >= 0.6 is 0 Å². The maximum absolute atomic E-state index is 5.43. The number of rotatable bonds is 5. The van der Waals surface area contributed by atoms with Crippen LogP contribution < -0.4 is 0 Å². The summed E-state index contributed by atoms with van der Waals surface area (Å²) in [5, 5.41) is 4.96. The normalized spacial score (nSPS) is 11.4. The van der Waals surface area contributed by atoms with Gasteiger partial charge in [-0.25, -0.2) is 9.97 Å². The third-order valence-corrected chi connectivity index (χ3v) is 9.01. The lowest BCUT2D eigenvalue weighted by atomic mass is 9.94. The standard InChI is InChI=1S/C44H29N3/c1-4-17-31(18-5-1)40-42(32-19-6-2-7-20-32)45-44(46-43(40)33-21-8-3-9-22-33)36-25-13-15-27-38(36)47-37-26-14-12-24-35(37)41-34-23-11-10-16-30(34)28-29-39(41)47/h1-29H. The maximum atomic E-state index is 5.43. The fourth-order valence-corrected chi connectivity index (χ4v) is 6.93. The summed E-state index contributed by atoms with van der Waals surface area (Å²) < 4.78 is 2.38. The van der Waals surface area contributed by atoms with Gasteiger partial charge in [-0.2, -0.15) is 0 Å². The molecule has 0 radical (unpaired) electrons. The zero-order chi connectivity index (χ0) is 31.2. The average molecular weight is 600 g/mol. The second-order valence-electron chi connectivity index (χ2n) is 11.8. The number of aromatic nitrogens is 3. The van der Waals surface area contributed by atoms with Gasteiger partial charge in [-0.1, -0.05) is 152 Å². The first-order chi connectivity index (χ1) is 23.3. The molecule has 0 spiro atoms. The molecule has 0 bridgehead atoms. The van der Waals surface area contributed by atoms with E-state index in [9.17, 15) is 0 Å². The lowest BCUT2D eigenvalue weighted by Gasteiger charge is -2.18. The van der Waals surface area contributed by atoms with E-state index in [0.717, 1.165) is 55.9 Å². The molecule has 3 nitrogen and oxygen atoms in total. The summed E-state index contributed by atoms with van der Waals surface area (Å²) >= 11 is 0. The number of para-hydroxylation sites is 2. The van der Waals surface area contributed by atoms with Crippen molar-refractivity contribution < 1.29 is 0 Å². The van der Waals surface area contributed by atoms with Gasteiger partial charge in [0.2, 0.25) is 0 Å². The van der Waals surface area contributed by atoms with Crippen LogP contribution in [0.25, 0.3) is 83.3 Å². The van der Waals surface area contributed by atoms with Crippen molar-refractivity contribution in [1.82, 2.24) is 14.5 Å². The van der Waals surface area contributed by atoms with Crippen LogP contribution in [-0.4, -0.2) is 14.5 Å². The summed E-state index contributed by atoms with van der Waals surface area (Å²) in [6, 6.07) is 61.8. The van der Waals surface area contributed by atoms with E-state index in [0.29, 0.717) is 5.82 Å². The van der Waals surface area contributed by atoms with Gasteiger partial charge in [0.1, 0.15) is 0 Å². The first kappa shape index (κ1) is 27.0. The molecule has 2 aromatic heterocycles. The van der Waals surface area contributed by atoms with Crippen LogP contribution in [0.15, 0.2) is 176 Å². The summed E-state index contributed by atoms with van der Waals surface area (Å²) in [5.74, 6) is 0.685. The number of fused-ring (bicyclic) bond motifs is 5. The minimum Gasteiger partial charge on any atom is -0.308 e. The van der Waals surface area contributed by atoms with Gasteiger partial charge >= 0.3 is 0 Å². The largest absolute Gasteiger partial charge is 0.308 e. The predicted molar refractivity (Wildman–Crippen MR) is 196 cm³/mol. The minimum absolute atomic E-state index is 0.685. The molecule has 0 fully saturated rings. The molecule has 0 saturated heterocycles. The number of hydrogen-bond acceptors (Lipinski definition) is 2. The Labute approximate surface area is 273 Å². The van der Waals surface area contributed by atoms with Crippen LogP contribution in [0.1, 0.15) is 0 Å². The smallest absolute Gasteiger partial charge is 0.162 e. The molecule has 3 heteroatoms. The summed E-state index contributed by atoms with van der Waals surface area (Å²) in [4.78, 5) is 10.9. The highest BCUT2D eigenvalue weighted by Crippen LogP contribution is 2.42. The van der Waals surface area contributed by atoms with Gasteiger partial charge < -0.3 is 4.57 Å². The Morgan fingerprint density at radius 3 is 1.60 bits per heavy atom. The Kier molecular flexibility index (Phi) is 6.46. The zero-order valence-electron chi connectivity index (χ0n) is 25.6. The number of benzene rings is 7. The van der Waals surface area contributed by atoms with Crippen molar-refractivity contribution in [1.29, 1.82) is 0 Å².